The first-order valence-electron chi connectivity index (χ1n) is 13.5. The number of benzene rings is 2. The number of rotatable bonds is 7. The summed E-state index contributed by atoms with van der Waals surface area (Å²) in [6.45, 7) is 0.462. The zero-order valence-electron chi connectivity index (χ0n) is 23.0. The third kappa shape index (κ3) is 4.47. The molecule has 3 aliphatic rings. The second kappa shape index (κ2) is 10.4. The SMILES string of the molecule is CN(C)c1cc(CNCc2ccc(C(=O)O)cc2)c(O)c2c1CC1CC3CC(=O)C(C(N)=O)C(=O)[C@@]3(O)C(=O)C1C2=O. The molecular formula is C30H31N3O9. The number of nitrogens with two attached hydrogens (primary N) is 1. The van der Waals surface area contributed by atoms with Gasteiger partial charge in [0.1, 0.15) is 5.75 Å². The van der Waals surface area contributed by atoms with Crippen LogP contribution in [0.2, 0.25) is 0 Å². The predicted octanol–water partition coefficient (Wildman–Crippen LogP) is 0.381. The number of carboxylic acids is 1. The molecule has 0 radical (unpaired) electrons. The lowest BCUT2D eigenvalue weighted by molar-refractivity contribution is -0.175. The van der Waals surface area contributed by atoms with Gasteiger partial charge in [0.25, 0.3) is 0 Å². The molecule has 4 unspecified atom stereocenters. The first kappa shape index (κ1) is 29.1. The molecule has 220 valence electrons. The van der Waals surface area contributed by atoms with Crippen LogP contribution in [0, 0.1) is 23.7 Å². The van der Waals surface area contributed by atoms with Crippen molar-refractivity contribution in [2.75, 3.05) is 19.0 Å². The van der Waals surface area contributed by atoms with E-state index in [1.807, 2.05) is 0 Å². The Labute approximate surface area is 240 Å². The first-order valence-corrected chi connectivity index (χ1v) is 13.5. The van der Waals surface area contributed by atoms with Crippen LogP contribution >= 0.6 is 0 Å². The van der Waals surface area contributed by atoms with E-state index in [1.54, 1.807) is 37.2 Å². The Kier molecular flexibility index (Phi) is 7.23. The van der Waals surface area contributed by atoms with Crippen molar-refractivity contribution in [3.63, 3.8) is 0 Å². The molecule has 0 bridgehead atoms. The van der Waals surface area contributed by atoms with Gasteiger partial charge in [0.15, 0.2) is 34.7 Å². The van der Waals surface area contributed by atoms with Crippen molar-refractivity contribution >= 4 is 40.7 Å². The third-order valence-electron chi connectivity index (χ3n) is 8.78. The van der Waals surface area contributed by atoms with Crippen LogP contribution in [0.25, 0.3) is 0 Å². The third-order valence-corrected chi connectivity index (χ3v) is 8.78. The lowest BCUT2D eigenvalue weighted by Crippen LogP contribution is -2.68. The fraction of sp³-hybridized carbons (Fsp3) is 0.400. The predicted molar refractivity (Wildman–Crippen MR) is 147 cm³/mol. The van der Waals surface area contributed by atoms with Crippen LogP contribution < -0.4 is 16.0 Å². The Morgan fingerprint density at radius 1 is 1.05 bits per heavy atom. The van der Waals surface area contributed by atoms with Gasteiger partial charge in [-0.05, 0) is 48.1 Å². The lowest BCUT2D eigenvalue weighted by atomic mass is 9.53. The van der Waals surface area contributed by atoms with Crippen molar-refractivity contribution in [1.82, 2.24) is 5.32 Å². The first-order chi connectivity index (χ1) is 19.8. The molecule has 5 rings (SSSR count). The Balaban J connectivity index is 1.47. The number of Topliss-reactive ketones (excluding diaryl/α,β-unsaturated/α-hetero) is 4. The van der Waals surface area contributed by atoms with Gasteiger partial charge in [-0.15, -0.1) is 0 Å². The van der Waals surface area contributed by atoms with E-state index in [1.165, 1.54) is 12.1 Å². The van der Waals surface area contributed by atoms with Gasteiger partial charge in [0.2, 0.25) is 5.91 Å². The van der Waals surface area contributed by atoms with Crippen molar-refractivity contribution in [2.45, 2.75) is 38.0 Å². The number of aliphatic hydroxyl groups is 1. The second-order valence-electron chi connectivity index (χ2n) is 11.5. The number of ketones is 4. The van der Waals surface area contributed by atoms with Gasteiger partial charge in [-0.3, -0.25) is 24.0 Å². The summed E-state index contributed by atoms with van der Waals surface area (Å²) in [5, 5.41) is 34.9. The lowest BCUT2D eigenvalue weighted by Gasteiger charge is -2.48. The van der Waals surface area contributed by atoms with Gasteiger partial charge in [-0.25, -0.2) is 4.79 Å². The second-order valence-corrected chi connectivity index (χ2v) is 11.5. The molecule has 5 atom stereocenters. The summed E-state index contributed by atoms with van der Waals surface area (Å²) in [5.74, 6) is -11.6. The standard InChI is InChI=1S/C30H31N3O9/c1-33(2)19-9-16(12-32-11-13-3-5-14(6-4-13)29(40)41)24(35)22-18(19)8-15-7-17-10-20(34)23(28(31)39)27(38)30(17,42)26(37)21(15)25(22)36/h3-6,9,15,17,21,23,32,35,42H,7-8,10-12H2,1-2H3,(H2,31,39)(H,40,41)/t15?,17?,21?,23?,30-/m0/s1. The van der Waals surface area contributed by atoms with E-state index in [0.717, 1.165) is 5.56 Å². The summed E-state index contributed by atoms with van der Waals surface area (Å²) in [6.07, 6.45) is -0.170. The van der Waals surface area contributed by atoms with Crippen LogP contribution in [0.4, 0.5) is 5.69 Å². The fourth-order valence-corrected chi connectivity index (χ4v) is 6.71. The van der Waals surface area contributed by atoms with Crippen molar-refractivity contribution in [3.05, 3.63) is 58.1 Å². The van der Waals surface area contributed by atoms with Gasteiger partial charge in [-0.1, -0.05) is 12.1 Å². The van der Waals surface area contributed by atoms with E-state index >= 15 is 0 Å². The quantitative estimate of drug-likeness (QED) is 0.285. The van der Waals surface area contributed by atoms with Crippen molar-refractivity contribution < 1.29 is 44.1 Å². The Bertz CT molecular complexity index is 1550. The Morgan fingerprint density at radius 2 is 1.71 bits per heavy atom. The van der Waals surface area contributed by atoms with Crippen molar-refractivity contribution in [3.8, 4) is 5.75 Å². The Morgan fingerprint density at radius 3 is 2.31 bits per heavy atom. The van der Waals surface area contributed by atoms with Crippen LogP contribution in [0.1, 0.15) is 50.2 Å². The largest absolute Gasteiger partial charge is 0.507 e. The van der Waals surface area contributed by atoms with Crippen molar-refractivity contribution in [2.24, 2.45) is 29.4 Å². The molecule has 0 aliphatic heterocycles. The molecule has 12 heteroatoms. The van der Waals surface area contributed by atoms with Crippen LogP contribution in [-0.4, -0.2) is 70.0 Å². The highest BCUT2D eigenvalue weighted by atomic mass is 16.4. The maximum atomic E-state index is 13.9. The summed E-state index contributed by atoms with van der Waals surface area (Å²) in [5.41, 5.74) is 4.97. The van der Waals surface area contributed by atoms with E-state index in [2.05, 4.69) is 5.32 Å². The van der Waals surface area contributed by atoms with Gasteiger partial charge in [0, 0.05) is 50.8 Å². The van der Waals surface area contributed by atoms with Gasteiger partial charge in [-0.2, -0.15) is 0 Å². The number of nitrogens with zero attached hydrogens (tertiary/aromatic N) is 1. The number of aromatic carboxylic acids is 1. The molecule has 0 saturated heterocycles. The zero-order chi connectivity index (χ0) is 30.7. The minimum absolute atomic E-state index is 0.0264. The number of fused-ring (bicyclic) bond motifs is 3. The number of amides is 1. The number of carboxylic acid groups (broad SMARTS) is 1. The normalized spacial score (nSPS) is 26.7. The monoisotopic (exact) mass is 577 g/mol. The maximum absolute atomic E-state index is 13.9. The van der Waals surface area contributed by atoms with Gasteiger partial charge < -0.3 is 31.3 Å². The summed E-state index contributed by atoms with van der Waals surface area (Å²) in [6, 6.07) is 8.02. The number of nitrogens with one attached hydrogen (secondary N) is 1. The number of phenols is 1. The number of aromatic hydroxyl groups is 1. The molecule has 3 aliphatic carbocycles. The average molecular weight is 578 g/mol. The Hall–Kier alpha value is -4.42. The summed E-state index contributed by atoms with van der Waals surface area (Å²) < 4.78 is 0. The van der Waals surface area contributed by atoms with Crippen LogP contribution in [0.3, 0.4) is 0 Å². The maximum Gasteiger partial charge on any atom is 0.335 e. The van der Waals surface area contributed by atoms with E-state index in [0.29, 0.717) is 23.4 Å². The number of primary amides is 1. The molecule has 0 spiro atoms. The smallest absolute Gasteiger partial charge is 0.335 e. The summed E-state index contributed by atoms with van der Waals surface area (Å²) in [7, 11) is 3.55. The van der Waals surface area contributed by atoms with Crippen LogP contribution in [0.5, 0.6) is 5.75 Å². The van der Waals surface area contributed by atoms with Crippen LogP contribution in [-0.2, 0) is 38.7 Å². The van der Waals surface area contributed by atoms with E-state index < -0.39 is 64.3 Å². The molecule has 12 nitrogen and oxygen atoms in total. The highest BCUT2D eigenvalue weighted by Crippen LogP contribution is 2.51. The average Bonchev–Trinajstić information content (AvgIpc) is 2.91. The topological polar surface area (TPSA) is 204 Å². The van der Waals surface area contributed by atoms with E-state index in [-0.39, 0.29) is 42.7 Å². The zero-order valence-corrected chi connectivity index (χ0v) is 23.0. The van der Waals surface area contributed by atoms with E-state index in [4.69, 9.17) is 10.8 Å². The molecule has 2 aromatic rings. The minimum Gasteiger partial charge on any atom is -0.507 e. The summed E-state index contributed by atoms with van der Waals surface area (Å²) in [4.78, 5) is 78.0. The molecule has 0 aromatic heterocycles. The number of carbonyl (C=O) groups excluding carboxylic acids is 5. The molecule has 0 heterocycles. The number of hydrogen-bond acceptors (Lipinski definition) is 10. The highest BCUT2D eigenvalue weighted by molar-refractivity contribution is 6.31. The number of anilines is 1. The number of hydrogen-bond donors (Lipinski definition) is 5. The van der Waals surface area contributed by atoms with E-state index in [9.17, 15) is 39.0 Å². The molecular weight excluding hydrogens is 546 g/mol. The van der Waals surface area contributed by atoms with Crippen LogP contribution in [0.15, 0.2) is 30.3 Å². The molecule has 42 heavy (non-hydrogen) atoms. The molecule has 2 fully saturated rings. The van der Waals surface area contributed by atoms with Gasteiger partial charge in [0.05, 0.1) is 17.0 Å². The highest BCUT2D eigenvalue weighted by Gasteiger charge is 2.66. The minimum atomic E-state index is -2.70. The number of carbonyl (C=O) groups is 6. The summed E-state index contributed by atoms with van der Waals surface area (Å²) >= 11 is 0. The fourth-order valence-electron chi connectivity index (χ4n) is 6.71. The number of phenolic OH excluding ortho intramolecular Hbond substituents is 1. The van der Waals surface area contributed by atoms with Crippen molar-refractivity contribution in [1.29, 1.82) is 0 Å². The molecule has 2 saturated carbocycles. The molecule has 2 aromatic carbocycles. The molecule has 1 amide bonds. The molecule has 6 N–H and O–H groups in total. The van der Waals surface area contributed by atoms with Gasteiger partial charge >= 0.3 is 5.97 Å².